The fraction of sp³-hybridized carbons (Fsp3) is 0.308. The molecule has 2 aromatic rings. The monoisotopic (exact) mass is 262 g/mol. The molecule has 0 spiro atoms. The van der Waals surface area contributed by atoms with E-state index in [0.717, 1.165) is 0 Å². The highest BCUT2D eigenvalue weighted by Crippen LogP contribution is 2.28. The highest BCUT2D eigenvalue weighted by Gasteiger charge is 2.12. The van der Waals surface area contributed by atoms with E-state index in [-0.39, 0.29) is 12.2 Å². The second-order valence-corrected chi connectivity index (χ2v) is 3.99. The average molecular weight is 262 g/mol. The summed E-state index contributed by atoms with van der Waals surface area (Å²) in [5.74, 6) is 1.93. The van der Waals surface area contributed by atoms with Gasteiger partial charge in [0.2, 0.25) is 11.7 Å². The number of hydrogen-bond acceptors (Lipinski definition) is 6. The quantitative estimate of drug-likeness (QED) is 0.819. The molecule has 0 saturated carbocycles. The number of nitrogens with zero attached hydrogens (tertiary/aromatic N) is 2. The minimum absolute atomic E-state index is 0.0292. The molecule has 0 aliphatic carbocycles. The maximum Gasteiger partial charge on any atom is 0.234 e. The van der Waals surface area contributed by atoms with Gasteiger partial charge in [0.25, 0.3) is 0 Å². The Morgan fingerprint density at radius 3 is 2.37 bits per heavy atom. The number of Topliss-reactive ketones (excluding diaryl/α,β-unsaturated/α-hetero) is 1. The van der Waals surface area contributed by atoms with Crippen molar-refractivity contribution in [2.75, 3.05) is 14.2 Å². The molecule has 0 atom stereocenters. The van der Waals surface area contributed by atoms with Gasteiger partial charge in [0.15, 0.2) is 0 Å². The third kappa shape index (κ3) is 3.09. The van der Waals surface area contributed by atoms with E-state index in [1.165, 1.54) is 6.92 Å². The van der Waals surface area contributed by atoms with E-state index >= 15 is 0 Å². The topological polar surface area (TPSA) is 74.5 Å². The maximum atomic E-state index is 11.0. The zero-order valence-electron chi connectivity index (χ0n) is 11.0. The first-order valence-corrected chi connectivity index (χ1v) is 5.68. The lowest BCUT2D eigenvalue weighted by Crippen LogP contribution is -1.96. The minimum Gasteiger partial charge on any atom is -0.497 e. The van der Waals surface area contributed by atoms with Gasteiger partial charge in [-0.2, -0.15) is 4.98 Å². The molecule has 100 valence electrons. The van der Waals surface area contributed by atoms with Crippen molar-refractivity contribution in [3.05, 3.63) is 24.1 Å². The minimum atomic E-state index is -0.0292. The van der Waals surface area contributed by atoms with Crippen LogP contribution in [0.2, 0.25) is 0 Å². The van der Waals surface area contributed by atoms with E-state index in [1.54, 1.807) is 32.4 Å². The zero-order valence-corrected chi connectivity index (χ0v) is 11.0. The van der Waals surface area contributed by atoms with Crippen LogP contribution in [0.15, 0.2) is 22.7 Å². The molecular weight excluding hydrogens is 248 g/mol. The van der Waals surface area contributed by atoms with Crippen LogP contribution >= 0.6 is 0 Å². The van der Waals surface area contributed by atoms with E-state index in [9.17, 15) is 4.79 Å². The first kappa shape index (κ1) is 13.1. The Bertz CT molecular complexity index is 570. The molecule has 0 unspecified atom stereocenters. The number of rotatable bonds is 5. The third-order valence-corrected chi connectivity index (χ3v) is 2.48. The number of carbonyl (C=O) groups is 1. The van der Waals surface area contributed by atoms with Gasteiger partial charge in [0.1, 0.15) is 17.3 Å². The lowest BCUT2D eigenvalue weighted by molar-refractivity contribution is -0.116. The molecule has 1 heterocycles. The van der Waals surface area contributed by atoms with Crippen LogP contribution in [-0.2, 0) is 11.2 Å². The van der Waals surface area contributed by atoms with E-state index in [4.69, 9.17) is 14.0 Å². The van der Waals surface area contributed by atoms with E-state index in [0.29, 0.717) is 28.8 Å². The summed E-state index contributed by atoms with van der Waals surface area (Å²) in [6, 6.07) is 5.29. The molecule has 1 aromatic carbocycles. The van der Waals surface area contributed by atoms with Crippen LogP contribution in [0.5, 0.6) is 11.5 Å². The van der Waals surface area contributed by atoms with Crippen molar-refractivity contribution in [2.24, 2.45) is 0 Å². The van der Waals surface area contributed by atoms with Crippen LogP contribution in [0.25, 0.3) is 11.4 Å². The molecule has 0 bridgehead atoms. The van der Waals surface area contributed by atoms with Gasteiger partial charge in [0.05, 0.1) is 20.6 Å². The van der Waals surface area contributed by atoms with Gasteiger partial charge in [-0.1, -0.05) is 5.16 Å². The van der Waals surface area contributed by atoms with Crippen molar-refractivity contribution in [1.29, 1.82) is 0 Å². The molecule has 19 heavy (non-hydrogen) atoms. The molecular formula is C13H14N2O4. The molecule has 0 radical (unpaired) electrons. The lowest BCUT2D eigenvalue weighted by atomic mass is 10.2. The Morgan fingerprint density at radius 1 is 1.21 bits per heavy atom. The second-order valence-electron chi connectivity index (χ2n) is 3.99. The van der Waals surface area contributed by atoms with Crippen LogP contribution in [0.4, 0.5) is 0 Å². The molecule has 0 saturated heterocycles. The Labute approximate surface area is 110 Å². The van der Waals surface area contributed by atoms with Crippen molar-refractivity contribution < 1.29 is 18.8 Å². The zero-order chi connectivity index (χ0) is 13.8. The number of carbonyl (C=O) groups excluding carboxylic acids is 1. The van der Waals surface area contributed by atoms with Gasteiger partial charge in [-0.3, -0.25) is 4.79 Å². The van der Waals surface area contributed by atoms with Crippen LogP contribution in [0.3, 0.4) is 0 Å². The summed E-state index contributed by atoms with van der Waals surface area (Å²) in [7, 11) is 3.13. The molecule has 0 amide bonds. The number of aromatic nitrogens is 2. The molecule has 0 aliphatic rings. The van der Waals surface area contributed by atoms with E-state index < -0.39 is 0 Å². The van der Waals surface area contributed by atoms with Crippen molar-refractivity contribution in [3.8, 4) is 22.9 Å². The Hall–Kier alpha value is -2.37. The Morgan fingerprint density at radius 2 is 1.84 bits per heavy atom. The summed E-state index contributed by atoms with van der Waals surface area (Å²) in [6.45, 7) is 1.47. The fourth-order valence-corrected chi connectivity index (χ4v) is 1.59. The van der Waals surface area contributed by atoms with E-state index in [2.05, 4.69) is 10.1 Å². The van der Waals surface area contributed by atoms with Gasteiger partial charge in [0, 0.05) is 11.6 Å². The molecule has 2 rings (SSSR count). The highest BCUT2D eigenvalue weighted by molar-refractivity contribution is 5.77. The van der Waals surface area contributed by atoms with Gasteiger partial charge in [-0.05, 0) is 19.1 Å². The van der Waals surface area contributed by atoms with Crippen LogP contribution < -0.4 is 9.47 Å². The number of hydrogen-bond donors (Lipinski definition) is 0. The summed E-state index contributed by atoms with van der Waals surface area (Å²) >= 11 is 0. The highest BCUT2D eigenvalue weighted by atomic mass is 16.5. The first-order chi connectivity index (χ1) is 9.12. The normalized spacial score (nSPS) is 10.3. The van der Waals surface area contributed by atoms with Crippen LogP contribution in [-0.4, -0.2) is 30.1 Å². The predicted molar refractivity (Wildman–Crippen MR) is 67.2 cm³/mol. The van der Waals surface area contributed by atoms with Crippen molar-refractivity contribution >= 4 is 5.78 Å². The molecule has 0 fully saturated rings. The fourth-order valence-electron chi connectivity index (χ4n) is 1.59. The molecule has 0 aliphatic heterocycles. The number of ether oxygens (including phenoxy) is 2. The maximum absolute atomic E-state index is 11.0. The van der Waals surface area contributed by atoms with Gasteiger partial charge >= 0.3 is 0 Å². The summed E-state index contributed by atoms with van der Waals surface area (Å²) in [6.07, 6.45) is 0.133. The number of methoxy groups -OCH3 is 2. The Kier molecular flexibility index (Phi) is 3.79. The van der Waals surface area contributed by atoms with Gasteiger partial charge in [-0.15, -0.1) is 0 Å². The Balaban J connectivity index is 2.35. The van der Waals surface area contributed by atoms with Gasteiger partial charge in [-0.25, -0.2) is 0 Å². The summed E-state index contributed by atoms with van der Waals surface area (Å²) in [4.78, 5) is 15.2. The second kappa shape index (κ2) is 5.51. The summed E-state index contributed by atoms with van der Waals surface area (Å²) in [5.41, 5.74) is 0.703. The standard InChI is InChI=1S/C13H14N2O4/c1-8(16)4-12-14-13(15-19-12)9-5-10(17-2)7-11(6-9)18-3/h5-7H,4H2,1-3H3. The van der Waals surface area contributed by atoms with Crippen LogP contribution in [0, 0.1) is 0 Å². The van der Waals surface area contributed by atoms with Gasteiger partial charge < -0.3 is 14.0 Å². The van der Waals surface area contributed by atoms with Crippen molar-refractivity contribution in [1.82, 2.24) is 10.1 Å². The SMILES string of the molecule is COc1cc(OC)cc(-c2noc(CC(C)=O)n2)c1. The summed E-state index contributed by atoms with van der Waals surface area (Å²) < 4.78 is 15.4. The molecule has 1 aromatic heterocycles. The molecule has 0 N–H and O–H groups in total. The third-order valence-electron chi connectivity index (χ3n) is 2.48. The van der Waals surface area contributed by atoms with Crippen molar-refractivity contribution in [3.63, 3.8) is 0 Å². The van der Waals surface area contributed by atoms with Crippen molar-refractivity contribution in [2.45, 2.75) is 13.3 Å². The van der Waals surface area contributed by atoms with Crippen LogP contribution in [0.1, 0.15) is 12.8 Å². The molecule has 6 nitrogen and oxygen atoms in total. The number of ketones is 1. The number of benzene rings is 1. The average Bonchev–Trinajstić information content (AvgIpc) is 2.85. The first-order valence-electron chi connectivity index (χ1n) is 5.68. The largest absolute Gasteiger partial charge is 0.497 e. The lowest BCUT2D eigenvalue weighted by Gasteiger charge is -2.05. The predicted octanol–water partition coefficient (Wildman–Crippen LogP) is 1.89. The summed E-state index contributed by atoms with van der Waals surface area (Å²) in [5, 5.41) is 3.84. The molecule has 6 heteroatoms. The van der Waals surface area contributed by atoms with E-state index in [1.807, 2.05) is 0 Å². The smallest absolute Gasteiger partial charge is 0.234 e.